The number of anilines is 4. The lowest BCUT2D eigenvalue weighted by Gasteiger charge is -2.14. The highest BCUT2D eigenvalue weighted by molar-refractivity contribution is 6.04. The molecule has 0 aliphatic heterocycles. The number of nitrogens with zero attached hydrogens (tertiary/aromatic N) is 4. The number of hydrogen-bond acceptors (Lipinski definition) is 7. The molecule has 0 spiro atoms. The van der Waals surface area contributed by atoms with Gasteiger partial charge in [0.2, 0.25) is 5.95 Å². The maximum Gasteiger partial charge on any atom is 0.416 e. The minimum absolute atomic E-state index is 0.0224. The van der Waals surface area contributed by atoms with E-state index in [1.54, 1.807) is 13.0 Å². The quantitative estimate of drug-likeness (QED) is 0.264. The summed E-state index contributed by atoms with van der Waals surface area (Å²) in [6.45, 7) is 1.66. The van der Waals surface area contributed by atoms with E-state index in [2.05, 4.69) is 25.6 Å². The average molecular weight is 576 g/mol. The first kappa shape index (κ1) is 28.1. The van der Waals surface area contributed by atoms with Crippen molar-refractivity contribution in [2.45, 2.75) is 13.1 Å². The highest BCUT2D eigenvalue weighted by Crippen LogP contribution is 2.30. The highest BCUT2D eigenvalue weighted by atomic mass is 19.4. The van der Waals surface area contributed by atoms with Crippen LogP contribution in [0, 0.1) is 6.92 Å². The summed E-state index contributed by atoms with van der Waals surface area (Å²) >= 11 is 0. The van der Waals surface area contributed by atoms with Gasteiger partial charge in [-0.1, -0.05) is 18.2 Å². The zero-order valence-corrected chi connectivity index (χ0v) is 22.6. The van der Waals surface area contributed by atoms with E-state index in [0.29, 0.717) is 11.3 Å². The number of fused-ring (bicyclic) bond motifs is 1. The van der Waals surface area contributed by atoms with E-state index in [1.807, 2.05) is 43.3 Å². The average Bonchev–Trinajstić information content (AvgIpc) is 2.94. The molecule has 0 unspecified atom stereocenters. The van der Waals surface area contributed by atoms with Crippen molar-refractivity contribution in [1.29, 1.82) is 0 Å². The Kier molecular flexibility index (Phi) is 7.25. The molecule has 0 radical (unpaired) electrons. The van der Waals surface area contributed by atoms with E-state index in [9.17, 15) is 27.6 Å². The summed E-state index contributed by atoms with van der Waals surface area (Å²) in [5.41, 5.74) is -0.118. The van der Waals surface area contributed by atoms with Crippen molar-refractivity contribution in [1.82, 2.24) is 19.5 Å². The molecule has 2 heterocycles. The van der Waals surface area contributed by atoms with Crippen molar-refractivity contribution in [3.8, 4) is 5.69 Å². The van der Waals surface area contributed by atoms with Gasteiger partial charge < -0.3 is 15.5 Å². The second-order valence-corrected chi connectivity index (χ2v) is 9.63. The highest BCUT2D eigenvalue weighted by Gasteiger charge is 2.31. The lowest BCUT2D eigenvalue weighted by atomic mass is 10.1. The molecule has 0 saturated carbocycles. The molecule has 5 aromatic rings. The van der Waals surface area contributed by atoms with Gasteiger partial charge in [-0.15, -0.1) is 0 Å². The number of carbonyl (C=O) groups is 1. The molecule has 2 aromatic heterocycles. The van der Waals surface area contributed by atoms with Gasteiger partial charge in [0.05, 0.1) is 11.3 Å². The zero-order valence-electron chi connectivity index (χ0n) is 22.6. The lowest BCUT2D eigenvalue weighted by molar-refractivity contribution is -0.137. The van der Waals surface area contributed by atoms with E-state index >= 15 is 0 Å². The minimum Gasteiger partial charge on any atom is -0.378 e. The van der Waals surface area contributed by atoms with Crippen molar-refractivity contribution in [2.75, 3.05) is 29.6 Å². The first-order valence-electron chi connectivity index (χ1n) is 12.6. The number of amides is 1. The largest absolute Gasteiger partial charge is 0.416 e. The van der Waals surface area contributed by atoms with Crippen LogP contribution in [0.3, 0.4) is 0 Å². The van der Waals surface area contributed by atoms with Gasteiger partial charge in [0, 0.05) is 42.9 Å². The molecule has 13 heteroatoms. The van der Waals surface area contributed by atoms with E-state index in [4.69, 9.17) is 0 Å². The molecule has 3 aromatic carbocycles. The van der Waals surface area contributed by atoms with Crippen LogP contribution in [0.25, 0.3) is 16.7 Å². The van der Waals surface area contributed by atoms with Crippen LogP contribution in [-0.4, -0.2) is 39.5 Å². The third-order valence-corrected chi connectivity index (χ3v) is 6.43. The van der Waals surface area contributed by atoms with Gasteiger partial charge >= 0.3 is 11.9 Å². The fourth-order valence-electron chi connectivity index (χ4n) is 4.24. The van der Waals surface area contributed by atoms with Gasteiger partial charge in [0.15, 0.2) is 5.65 Å². The van der Waals surface area contributed by atoms with Gasteiger partial charge in [0.25, 0.3) is 11.5 Å². The van der Waals surface area contributed by atoms with Crippen LogP contribution < -0.4 is 26.8 Å². The van der Waals surface area contributed by atoms with Gasteiger partial charge in [-0.2, -0.15) is 18.2 Å². The van der Waals surface area contributed by atoms with Crippen molar-refractivity contribution < 1.29 is 18.0 Å². The van der Waals surface area contributed by atoms with E-state index in [0.717, 1.165) is 28.5 Å². The standard InChI is InChI=1S/C29H24F3N7O3/c1-16-10-11-20(34-25(40)17-6-4-7-18(12-17)29(30,31)32)14-23(16)39-26(41)22-15-33-27(36-24(22)37-28(39)42)35-19-8-5-9-21(13-19)38(2)3/h4-15H,1-3H3,(H,34,40)(H2,33,35,36,37,42). The predicted octanol–water partition coefficient (Wildman–Crippen LogP) is 4.86. The summed E-state index contributed by atoms with van der Waals surface area (Å²) in [6.07, 6.45) is -3.31. The third kappa shape index (κ3) is 5.70. The summed E-state index contributed by atoms with van der Waals surface area (Å²) in [6, 6.07) is 16.0. The Balaban J connectivity index is 1.46. The molecule has 0 atom stereocenters. The normalized spacial score (nSPS) is 11.4. The molecule has 1 amide bonds. The first-order valence-corrected chi connectivity index (χ1v) is 12.6. The van der Waals surface area contributed by atoms with Crippen LogP contribution in [0.4, 0.5) is 36.2 Å². The number of H-pyrrole nitrogens is 1. The Morgan fingerprint density at radius 1 is 0.976 bits per heavy atom. The number of carbonyl (C=O) groups excluding carboxylic acids is 1. The van der Waals surface area contributed by atoms with Gasteiger partial charge in [0.1, 0.15) is 5.39 Å². The number of aromatic nitrogens is 4. The topological polar surface area (TPSA) is 125 Å². The van der Waals surface area contributed by atoms with E-state index in [-0.39, 0.29) is 33.9 Å². The number of nitrogens with one attached hydrogen (secondary N) is 3. The number of benzene rings is 3. The molecule has 0 aliphatic rings. The number of aromatic amines is 1. The summed E-state index contributed by atoms with van der Waals surface area (Å²) < 4.78 is 40.1. The van der Waals surface area contributed by atoms with Crippen LogP contribution >= 0.6 is 0 Å². The maximum absolute atomic E-state index is 13.4. The van der Waals surface area contributed by atoms with Crippen molar-refractivity contribution in [2.24, 2.45) is 0 Å². The van der Waals surface area contributed by atoms with Crippen LogP contribution in [0.15, 0.2) is 82.5 Å². The molecule has 42 heavy (non-hydrogen) atoms. The second-order valence-electron chi connectivity index (χ2n) is 9.63. The Morgan fingerprint density at radius 2 is 1.74 bits per heavy atom. The van der Waals surface area contributed by atoms with E-state index in [1.165, 1.54) is 24.4 Å². The Labute approximate surface area is 236 Å². The van der Waals surface area contributed by atoms with E-state index < -0.39 is 28.9 Å². The number of alkyl halides is 3. The summed E-state index contributed by atoms with van der Waals surface area (Å²) in [5.74, 6) is -0.623. The van der Waals surface area contributed by atoms with Gasteiger partial charge in [-0.25, -0.2) is 14.3 Å². The monoisotopic (exact) mass is 575 g/mol. The SMILES string of the molecule is Cc1ccc(NC(=O)c2cccc(C(F)(F)F)c2)cc1-n1c(=O)[nH]c2nc(Nc3cccc(N(C)C)c3)ncc2c1=O. The lowest BCUT2D eigenvalue weighted by Crippen LogP contribution is -2.34. The van der Waals surface area contributed by atoms with Crippen molar-refractivity contribution in [3.63, 3.8) is 0 Å². The van der Waals surface area contributed by atoms with Crippen LogP contribution in [0.2, 0.25) is 0 Å². The number of halogens is 3. The molecule has 0 aliphatic carbocycles. The molecular formula is C29H24F3N7O3. The fourth-order valence-corrected chi connectivity index (χ4v) is 4.24. The van der Waals surface area contributed by atoms with Gasteiger partial charge in [-0.3, -0.25) is 14.6 Å². The molecule has 0 bridgehead atoms. The first-order chi connectivity index (χ1) is 19.9. The number of rotatable bonds is 6. The molecule has 0 saturated heterocycles. The third-order valence-electron chi connectivity index (χ3n) is 6.43. The molecule has 5 rings (SSSR count). The van der Waals surface area contributed by atoms with Gasteiger partial charge in [-0.05, 0) is 61.0 Å². The smallest absolute Gasteiger partial charge is 0.378 e. The van der Waals surface area contributed by atoms with Crippen molar-refractivity contribution >= 4 is 40.0 Å². The molecule has 214 valence electrons. The fraction of sp³-hybridized carbons (Fsp3) is 0.138. The number of hydrogen-bond donors (Lipinski definition) is 3. The Morgan fingerprint density at radius 3 is 2.48 bits per heavy atom. The summed E-state index contributed by atoms with van der Waals surface area (Å²) in [7, 11) is 3.81. The Hall–Kier alpha value is -5.46. The summed E-state index contributed by atoms with van der Waals surface area (Å²) in [4.78, 5) is 52.3. The molecule has 10 nitrogen and oxygen atoms in total. The predicted molar refractivity (Wildman–Crippen MR) is 154 cm³/mol. The molecule has 0 fully saturated rings. The molecular weight excluding hydrogens is 551 g/mol. The van der Waals surface area contributed by atoms with Crippen LogP contribution in [0.1, 0.15) is 21.5 Å². The summed E-state index contributed by atoms with van der Waals surface area (Å²) in [5, 5.41) is 5.62. The second kappa shape index (κ2) is 10.8. The van der Waals surface area contributed by atoms with Crippen LogP contribution in [-0.2, 0) is 6.18 Å². The van der Waals surface area contributed by atoms with Crippen molar-refractivity contribution in [3.05, 3.63) is 110 Å². The van der Waals surface area contributed by atoms with Crippen LogP contribution in [0.5, 0.6) is 0 Å². The zero-order chi connectivity index (χ0) is 30.2. The number of aryl methyl sites for hydroxylation is 1. The minimum atomic E-state index is -4.61. The molecule has 3 N–H and O–H groups in total. The Bertz CT molecular complexity index is 1950. The maximum atomic E-state index is 13.4.